The van der Waals surface area contributed by atoms with Crippen LogP contribution in [0.3, 0.4) is 0 Å². The standard InChI is InChI=1S/C29H30ClN3O7/c1-33(2)19-9-15(12-32-11-13-3-5-17(30)6-4-13)24(35)22-18(19)8-14-7-16-10-20(34)23(28(31)39)27(38)29(16,40)26(37)21(14)25(22)36/h3-6,9,14,16,32,35-36,38,40H,7-8,10-12H2,1-2H3,(H2,31,39)/t14-,16+,29+/m1/s1. The molecule has 40 heavy (non-hydrogen) atoms. The third-order valence-electron chi connectivity index (χ3n) is 8.16. The number of hydrogen-bond acceptors (Lipinski definition) is 9. The smallest absolute Gasteiger partial charge is 0.255 e. The number of amides is 1. The molecule has 1 fully saturated rings. The van der Waals surface area contributed by atoms with E-state index >= 15 is 0 Å². The Labute approximate surface area is 235 Å². The first-order chi connectivity index (χ1) is 18.9. The van der Waals surface area contributed by atoms with Gasteiger partial charge in [0.25, 0.3) is 5.91 Å². The number of nitrogens with one attached hydrogen (secondary N) is 1. The monoisotopic (exact) mass is 567 g/mol. The van der Waals surface area contributed by atoms with Crippen molar-refractivity contribution in [1.29, 1.82) is 0 Å². The summed E-state index contributed by atoms with van der Waals surface area (Å²) in [6, 6.07) is 9.13. The van der Waals surface area contributed by atoms with E-state index < -0.39 is 52.0 Å². The van der Waals surface area contributed by atoms with Crippen molar-refractivity contribution in [3.63, 3.8) is 0 Å². The number of nitrogens with two attached hydrogens (primary N) is 1. The fourth-order valence-corrected chi connectivity index (χ4v) is 6.33. The van der Waals surface area contributed by atoms with Gasteiger partial charge < -0.3 is 36.4 Å². The number of anilines is 1. The summed E-state index contributed by atoms with van der Waals surface area (Å²) in [5.41, 5.74) is 4.56. The summed E-state index contributed by atoms with van der Waals surface area (Å²) in [6.45, 7) is 0.724. The van der Waals surface area contributed by atoms with E-state index in [-0.39, 0.29) is 42.7 Å². The highest BCUT2D eigenvalue weighted by Crippen LogP contribution is 2.53. The molecule has 0 aliphatic heterocycles. The minimum absolute atomic E-state index is 0.0709. The van der Waals surface area contributed by atoms with Crippen LogP contribution in [-0.4, -0.2) is 57.6 Å². The third-order valence-corrected chi connectivity index (χ3v) is 8.41. The quantitative estimate of drug-likeness (QED) is 0.286. The molecule has 0 aromatic heterocycles. The second-order valence-electron chi connectivity index (χ2n) is 10.8. The Bertz CT molecular complexity index is 1510. The third kappa shape index (κ3) is 4.23. The van der Waals surface area contributed by atoms with Gasteiger partial charge in [0.15, 0.2) is 11.4 Å². The molecule has 7 N–H and O–H groups in total. The minimum Gasteiger partial charge on any atom is -0.508 e. The summed E-state index contributed by atoms with van der Waals surface area (Å²) < 4.78 is 0. The zero-order chi connectivity index (χ0) is 29.1. The zero-order valence-corrected chi connectivity index (χ0v) is 22.7. The van der Waals surface area contributed by atoms with Crippen LogP contribution >= 0.6 is 11.6 Å². The lowest BCUT2D eigenvalue weighted by atomic mass is 9.59. The maximum atomic E-state index is 13.7. The normalized spacial score (nSPS) is 24.0. The number of phenolic OH excluding ortho intramolecular Hbond substituents is 1. The number of halogens is 1. The van der Waals surface area contributed by atoms with Crippen LogP contribution in [-0.2, 0) is 33.9 Å². The van der Waals surface area contributed by atoms with Crippen LogP contribution in [0.1, 0.15) is 35.1 Å². The Hall–Kier alpha value is -3.86. The van der Waals surface area contributed by atoms with Crippen molar-refractivity contribution in [2.24, 2.45) is 17.6 Å². The van der Waals surface area contributed by atoms with Crippen molar-refractivity contribution in [3.05, 3.63) is 74.5 Å². The number of aromatic hydroxyl groups is 1. The van der Waals surface area contributed by atoms with Gasteiger partial charge in [-0.3, -0.25) is 14.4 Å². The molecule has 3 atom stereocenters. The number of Topliss-reactive ketones (excluding diaryl/α,β-unsaturated/α-hetero) is 2. The van der Waals surface area contributed by atoms with Crippen LogP contribution in [0.4, 0.5) is 5.69 Å². The van der Waals surface area contributed by atoms with Gasteiger partial charge in [-0.25, -0.2) is 0 Å². The molecule has 11 heteroatoms. The topological polar surface area (TPSA) is 173 Å². The molecule has 2 aromatic rings. The van der Waals surface area contributed by atoms with E-state index in [4.69, 9.17) is 17.3 Å². The van der Waals surface area contributed by atoms with Crippen molar-refractivity contribution < 1.29 is 34.8 Å². The van der Waals surface area contributed by atoms with Gasteiger partial charge in [-0.05, 0) is 48.1 Å². The molecule has 10 nitrogen and oxygen atoms in total. The van der Waals surface area contributed by atoms with Gasteiger partial charge in [0.2, 0.25) is 5.78 Å². The fraction of sp³-hybridized carbons (Fsp3) is 0.345. The lowest BCUT2D eigenvalue weighted by Crippen LogP contribution is -2.58. The molecule has 5 rings (SSSR count). The van der Waals surface area contributed by atoms with Crippen LogP contribution in [0.15, 0.2) is 47.2 Å². The molecule has 1 saturated carbocycles. The van der Waals surface area contributed by atoms with Crippen LogP contribution in [0.2, 0.25) is 5.02 Å². The SMILES string of the molecule is CN(C)c1cc(CNCc2ccc(Cl)cc2)c(O)c2c1C[C@H]1C[C@H]3CC(=O)C(C(N)=O)=C(O)[C@@]3(O)C(=O)C1=C2O. The van der Waals surface area contributed by atoms with Crippen molar-refractivity contribution in [2.45, 2.75) is 38.0 Å². The number of ketones is 2. The summed E-state index contributed by atoms with van der Waals surface area (Å²) >= 11 is 5.95. The number of hydrogen-bond donors (Lipinski definition) is 6. The molecule has 0 heterocycles. The van der Waals surface area contributed by atoms with Crippen molar-refractivity contribution in [1.82, 2.24) is 5.32 Å². The first kappa shape index (κ1) is 27.7. The van der Waals surface area contributed by atoms with Gasteiger partial charge >= 0.3 is 0 Å². The molecular weight excluding hydrogens is 538 g/mol. The Morgan fingerprint density at radius 3 is 2.42 bits per heavy atom. The van der Waals surface area contributed by atoms with Gasteiger partial charge in [0, 0.05) is 61.4 Å². The molecule has 0 saturated heterocycles. The number of carbonyl (C=O) groups excluding carboxylic acids is 3. The second kappa shape index (κ2) is 9.96. The Morgan fingerprint density at radius 1 is 1.12 bits per heavy atom. The van der Waals surface area contributed by atoms with E-state index in [0.29, 0.717) is 22.7 Å². The van der Waals surface area contributed by atoms with E-state index in [0.717, 1.165) is 11.3 Å². The highest BCUT2D eigenvalue weighted by molar-refractivity contribution is 6.30. The maximum absolute atomic E-state index is 13.7. The molecular formula is C29H30ClN3O7. The summed E-state index contributed by atoms with van der Waals surface area (Å²) in [5, 5.41) is 48.8. The molecule has 0 bridgehead atoms. The van der Waals surface area contributed by atoms with E-state index in [1.165, 1.54) is 0 Å². The van der Waals surface area contributed by atoms with Gasteiger partial charge in [-0.1, -0.05) is 23.7 Å². The van der Waals surface area contributed by atoms with Crippen LogP contribution < -0.4 is 16.0 Å². The largest absolute Gasteiger partial charge is 0.508 e. The Morgan fingerprint density at radius 2 is 1.80 bits per heavy atom. The number of carbonyl (C=O) groups is 3. The minimum atomic E-state index is -2.59. The van der Waals surface area contributed by atoms with E-state index in [2.05, 4.69) is 5.32 Å². The number of benzene rings is 2. The highest BCUT2D eigenvalue weighted by Gasteiger charge is 2.60. The number of fused-ring (bicyclic) bond motifs is 3. The summed E-state index contributed by atoms with van der Waals surface area (Å²) in [6.07, 6.45) is -0.0269. The molecule has 3 aliphatic rings. The molecule has 0 unspecified atom stereocenters. The first-order valence-corrected chi connectivity index (χ1v) is 13.2. The highest BCUT2D eigenvalue weighted by atomic mass is 35.5. The number of nitrogens with zero attached hydrogens (tertiary/aromatic N) is 1. The van der Waals surface area contributed by atoms with Crippen LogP contribution in [0.25, 0.3) is 5.76 Å². The maximum Gasteiger partial charge on any atom is 0.255 e. The van der Waals surface area contributed by atoms with Gasteiger partial charge in [0.05, 0.1) is 5.56 Å². The molecule has 210 valence electrons. The Kier molecular flexibility index (Phi) is 6.89. The molecule has 3 aliphatic carbocycles. The van der Waals surface area contributed by atoms with Crippen molar-refractivity contribution >= 4 is 40.5 Å². The van der Waals surface area contributed by atoms with E-state index in [1.54, 1.807) is 12.1 Å². The van der Waals surface area contributed by atoms with E-state index in [9.17, 15) is 34.8 Å². The number of rotatable bonds is 6. The second-order valence-corrected chi connectivity index (χ2v) is 11.2. The molecule has 1 amide bonds. The van der Waals surface area contributed by atoms with Gasteiger partial charge in [-0.2, -0.15) is 0 Å². The zero-order valence-electron chi connectivity index (χ0n) is 22.0. The average molecular weight is 568 g/mol. The lowest BCUT2D eigenvalue weighted by molar-refractivity contribution is -0.147. The predicted molar refractivity (Wildman–Crippen MR) is 148 cm³/mol. The van der Waals surface area contributed by atoms with Gasteiger partial charge in [0.1, 0.15) is 22.8 Å². The Balaban J connectivity index is 1.57. The summed E-state index contributed by atoms with van der Waals surface area (Å²) in [4.78, 5) is 40.0. The first-order valence-electron chi connectivity index (χ1n) is 12.8. The molecule has 0 spiro atoms. The molecule has 2 aromatic carbocycles. The number of aliphatic hydroxyl groups excluding tert-OH is 2. The number of primary amides is 1. The number of phenols is 1. The van der Waals surface area contributed by atoms with Gasteiger partial charge in [-0.15, -0.1) is 0 Å². The fourth-order valence-electron chi connectivity index (χ4n) is 6.20. The summed E-state index contributed by atoms with van der Waals surface area (Å²) in [5.74, 6) is -6.42. The van der Waals surface area contributed by atoms with E-state index in [1.807, 2.05) is 37.2 Å². The molecule has 0 radical (unpaired) electrons. The van der Waals surface area contributed by atoms with Crippen LogP contribution in [0.5, 0.6) is 5.75 Å². The number of aliphatic hydroxyl groups is 3. The van der Waals surface area contributed by atoms with Crippen molar-refractivity contribution in [2.75, 3.05) is 19.0 Å². The summed E-state index contributed by atoms with van der Waals surface area (Å²) in [7, 11) is 3.65. The predicted octanol–water partition coefficient (Wildman–Crippen LogP) is 2.43. The lowest BCUT2D eigenvalue weighted by Gasteiger charge is -2.46. The van der Waals surface area contributed by atoms with Crippen LogP contribution in [0, 0.1) is 11.8 Å². The average Bonchev–Trinajstić information content (AvgIpc) is 2.88. The van der Waals surface area contributed by atoms with Crippen molar-refractivity contribution in [3.8, 4) is 5.75 Å².